The Hall–Kier alpha value is -4.04. The average molecular weight is 429 g/mol. The van der Waals surface area contributed by atoms with Crippen molar-refractivity contribution in [1.29, 1.82) is 0 Å². The van der Waals surface area contributed by atoms with E-state index >= 15 is 0 Å². The predicted octanol–water partition coefficient (Wildman–Crippen LogP) is 3.09. The van der Waals surface area contributed by atoms with Crippen LogP contribution in [0.3, 0.4) is 0 Å². The van der Waals surface area contributed by atoms with Crippen LogP contribution in [-0.2, 0) is 16.7 Å². The van der Waals surface area contributed by atoms with E-state index in [1.807, 2.05) is 42.5 Å². The lowest BCUT2D eigenvalue weighted by Crippen LogP contribution is -2.33. The summed E-state index contributed by atoms with van der Waals surface area (Å²) in [5, 5.41) is 6.18. The molecule has 2 aromatic carbocycles. The topological polar surface area (TPSA) is 89.3 Å². The van der Waals surface area contributed by atoms with Gasteiger partial charge in [-0.05, 0) is 34.5 Å². The summed E-state index contributed by atoms with van der Waals surface area (Å²) in [6.07, 6.45) is 3.31. The maximum absolute atomic E-state index is 13.5. The van der Waals surface area contributed by atoms with E-state index in [0.717, 1.165) is 27.0 Å². The molecule has 1 N–H and O–H groups in total. The van der Waals surface area contributed by atoms with E-state index in [-0.39, 0.29) is 24.0 Å². The maximum Gasteiger partial charge on any atom is 0.265 e. The second-order valence-corrected chi connectivity index (χ2v) is 7.25. The Labute approximate surface area is 185 Å². The summed E-state index contributed by atoms with van der Waals surface area (Å²) in [5.74, 6) is -0.0185. The average Bonchev–Trinajstić information content (AvgIpc) is 2.84. The van der Waals surface area contributed by atoms with E-state index in [0.29, 0.717) is 11.3 Å². The molecular weight excluding hydrogens is 406 g/mol. The molecule has 4 aromatic rings. The highest BCUT2D eigenvalue weighted by molar-refractivity contribution is 5.90. The van der Waals surface area contributed by atoms with Crippen molar-refractivity contribution in [2.24, 2.45) is 7.05 Å². The number of nitrogens with zero attached hydrogens (tertiary/aromatic N) is 4. The number of anilines is 1. The molecule has 0 aliphatic heterocycles. The summed E-state index contributed by atoms with van der Waals surface area (Å²) in [7, 11) is 4.55. The number of likely N-dealkylation sites (N-methyl/N-ethyl adjacent to an activating group) is 1. The Kier molecular flexibility index (Phi) is 5.96. The van der Waals surface area contributed by atoms with E-state index in [9.17, 15) is 9.59 Å². The smallest absolute Gasteiger partial charge is 0.265 e. The molecule has 0 radical (unpaired) electrons. The van der Waals surface area contributed by atoms with Crippen LogP contribution in [0, 0.1) is 0 Å². The first kappa shape index (κ1) is 21.2. The largest absolute Gasteiger partial charge is 0.346 e. The molecule has 8 heteroatoms. The number of nitrogens with one attached hydrogen (secondary N) is 1. The number of benzene rings is 2. The number of hydrogen-bond acceptors (Lipinski definition) is 6. The number of hydroxylamine groups is 2. The molecule has 0 aliphatic carbocycles. The summed E-state index contributed by atoms with van der Waals surface area (Å²) in [5.41, 5.74) is 2.29. The molecule has 0 atom stereocenters. The summed E-state index contributed by atoms with van der Waals surface area (Å²) < 4.78 is 1.41. The summed E-state index contributed by atoms with van der Waals surface area (Å²) >= 11 is 0. The first-order valence-corrected chi connectivity index (χ1v) is 10.0. The molecule has 0 fully saturated rings. The zero-order valence-corrected chi connectivity index (χ0v) is 18.1. The molecule has 0 saturated heterocycles. The molecule has 0 aliphatic rings. The third-order valence-corrected chi connectivity index (χ3v) is 5.31. The molecule has 0 bridgehead atoms. The third kappa shape index (κ3) is 4.08. The highest BCUT2D eigenvalue weighted by Gasteiger charge is 2.19. The van der Waals surface area contributed by atoms with Gasteiger partial charge < -0.3 is 5.32 Å². The Morgan fingerprint density at radius 3 is 2.50 bits per heavy atom. The quantitative estimate of drug-likeness (QED) is 0.474. The Morgan fingerprint density at radius 2 is 1.78 bits per heavy atom. The van der Waals surface area contributed by atoms with Gasteiger partial charge in [0.1, 0.15) is 0 Å². The minimum absolute atomic E-state index is 0.0737. The lowest BCUT2D eigenvalue weighted by atomic mass is 9.98. The van der Waals surface area contributed by atoms with E-state index in [1.165, 1.54) is 18.7 Å². The van der Waals surface area contributed by atoms with Crippen molar-refractivity contribution < 1.29 is 9.63 Å². The summed E-state index contributed by atoms with van der Waals surface area (Å²) in [6, 6.07) is 17.5. The number of rotatable bonds is 6. The van der Waals surface area contributed by atoms with Crippen LogP contribution in [0.1, 0.15) is 0 Å². The van der Waals surface area contributed by atoms with Gasteiger partial charge in [0, 0.05) is 32.1 Å². The molecular formula is C24H23N5O3. The number of carbonyl (C=O) groups is 1. The van der Waals surface area contributed by atoms with Gasteiger partial charge in [-0.3, -0.25) is 24.0 Å². The molecule has 8 nitrogen and oxygen atoms in total. The highest BCUT2D eigenvalue weighted by Crippen LogP contribution is 2.30. The normalized spacial score (nSPS) is 10.8. The Balaban J connectivity index is 1.86. The van der Waals surface area contributed by atoms with Crippen LogP contribution in [0.2, 0.25) is 0 Å². The van der Waals surface area contributed by atoms with Crippen molar-refractivity contribution in [3.05, 3.63) is 77.3 Å². The van der Waals surface area contributed by atoms with Gasteiger partial charge in [0.05, 0.1) is 24.9 Å². The van der Waals surface area contributed by atoms with Gasteiger partial charge in [-0.1, -0.05) is 36.4 Å². The van der Waals surface area contributed by atoms with Gasteiger partial charge in [-0.2, -0.15) is 0 Å². The minimum Gasteiger partial charge on any atom is -0.346 e. The second kappa shape index (κ2) is 8.99. The Morgan fingerprint density at radius 1 is 1.06 bits per heavy atom. The molecule has 0 unspecified atom stereocenters. The lowest BCUT2D eigenvalue weighted by molar-refractivity contribution is -0.166. The van der Waals surface area contributed by atoms with Gasteiger partial charge >= 0.3 is 0 Å². The zero-order valence-electron chi connectivity index (χ0n) is 18.1. The van der Waals surface area contributed by atoms with Gasteiger partial charge in [0.25, 0.3) is 11.5 Å². The fourth-order valence-electron chi connectivity index (χ4n) is 3.45. The number of pyridine rings is 1. The van der Waals surface area contributed by atoms with Crippen LogP contribution in [0.25, 0.3) is 33.2 Å². The summed E-state index contributed by atoms with van der Waals surface area (Å²) in [6.45, 7) is -0.0737. The van der Waals surface area contributed by atoms with Crippen molar-refractivity contribution in [3.63, 3.8) is 0 Å². The number of carbonyl (C=O) groups excluding carboxylic acids is 1. The molecule has 1 amide bonds. The van der Waals surface area contributed by atoms with Crippen molar-refractivity contribution in [2.45, 2.75) is 0 Å². The lowest BCUT2D eigenvalue weighted by Gasteiger charge is -2.18. The van der Waals surface area contributed by atoms with Crippen molar-refractivity contribution >= 4 is 22.6 Å². The van der Waals surface area contributed by atoms with E-state index in [4.69, 9.17) is 9.82 Å². The molecule has 0 spiro atoms. The van der Waals surface area contributed by atoms with Gasteiger partial charge in [0.2, 0.25) is 5.95 Å². The molecule has 2 aromatic heterocycles. The van der Waals surface area contributed by atoms with Gasteiger partial charge in [-0.15, -0.1) is 0 Å². The number of fused-ring (bicyclic) bond motifs is 1. The van der Waals surface area contributed by atoms with Crippen LogP contribution in [0.4, 0.5) is 5.95 Å². The first-order chi connectivity index (χ1) is 15.5. The maximum atomic E-state index is 13.5. The van der Waals surface area contributed by atoms with Crippen LogP contribution in [0.15, 0.2) is 71.8 Å². The first-order valence-electron chi connectivity index (χ1n) is 10.0. The minimum atomic E-state index is -0.300. The fraction of sp³-hybridized carbons (Fsp3) is 0.167. The van der Waals surface area contributed by atoms with Crippen LogP contribution in [-0.4, -0.2) is 46.2 Å². The van der Waals surface area contributed by atoms with E-state index in [2.05, 4.69) is 10.3 Å². The zero-order chi connectivity index (χ0) is 22.7. The molecule has 2 heterocycles. The van der Waals surface area contributed by atoms with Crippen molar-refractivity contribution in [2.75, 3.05) is 26.0 Å². The van der Waals surface area contributed by atoms with E-state index < -0.39 is 0 Å². The number of aromatic nitrogens is 3. The molecule has 0 saturated carbocycles. The van der Waals surface area contributed by atoms with Gasteiger partial charge in [-0.25, -0.2) is 10.0 Å². The SMILES string of the molecule is CON(C)C(=O)CNc1nc(-c2ccncc2)c(-c2ccc3ccccc3c2)c(=O)n1C. The molecule has 162 valence electrons. The number of hydrogen-bond donors (Lipinski definition) is 1. The van der Waals surface area contributed by atoms with Gasteiger partial charge in [0.15, 0.2) is 0 Å². The predicted molar refractivity (Wildman–Crippen MR) is 124 cm³/mol. The van der Waals surface area contributed by atoms with Crippen LogP contribution >= 0.6 is 0 Å². The van der Waals surface area contributed by atoms with Crippen molar-refractivity contribution in [1.82, 2.24) is 19.6 Å². The summed E-state index contributed by atoms with van der Waals surface area (Å²) in [4.78, 5) is 39.3. The monoisotopic (exact) mass is 429 g/mol. The molecule has 4 rings (SSSR count). The number of amides is 1. The standard InChI is InChI=1S/C24H23N5O3/c1-28-23(31)21(19-9-8-16-6-4-5-7-18(16)14-19)22(17-10-12-25-13-11-17)27-24(28)26-15-20(30)29(2)32-3/h4-14H,15H2,1-3H3,(H,26,27). The van der Waals surface area contributed by atoms with E-state index in [1.54, 1.807) is 31.6 Å². The Bertz CT molecular complexity index is 1330. The fourth-order valence-corrected chi connectivity index (χ4v) is 3.45. The third-order valence-electron chi connectivity index (χ3n) is 5.31. The van der Waals surface area contributed by atoms with Crippen LogP contribution in [0.5, 0.6) is 0 Å². The molecule has 32 heavy (non-hydrogen) atoms. The van der Waals surface area contributed by atoms with Crippen molar-refractivity contribution in [3.8, 4) is 22.4 Å². The second-order valence-electron chi connectivity index (χ2n) is 7.25. The van der Waals surface area contributed by atoms with Crippen LogP contribution < -0.4 is 10.9 Å². The highest BCUT2D eigenvalue weighted by atomic mass is 16.7.